The average Bonchev–Trinajstić information content (AvgIpc) is 2.53. The molecule has 0 spiro atoms. The van der Waals surface area contributed by atoms with E-state index in [1.54, 1.807) is 0 Å². The summed E-state index contributed by atoms with van der Waals surface area (Å²) in [7, 11) is 0. The summed E-state index contributed by atoms with van der Waals surface area (Å²) in [5, 5.41) is 0. The van der Waals surface area contributed by atoms with Crippen LogP contribution in [0.3, 0.4) is 0 Å². The van der Waals surface area contributed by atoms with Crippen LogP contribution < -0.4 is 0 Å². The topological polar surface area (TPSA) is 0 Å². The molecule has 3 aromatic carbocycles. The van der Waals surface area contributed by atoms with Crippen molar-refractivity contribution in [2.75, 3.05) is 0 Å². The van der Waals surface area contributed by atoms with Gasteiger partial charge < -0.3 is 0 Å². The van der Waals surface area contributed by atoms with Gasteiger partial charge in [0.05, 0.1) is 0 Å². The summed E-state index contributed by atoms with van der Waals surface area (Å²) in [6.45, 7) is 4.36. The monoisotopic (exact) mass is 285 g/mol. The summed E-state index contributed by atoms with van der Waals surface area (Å²) in [5.41, 5.74) is 8.17. The Morgan fingerprint density at radius 2 is 1.18 bits per heavy atom. The van der Waals surface area contributed by atoms with Crippen molar-refractivity contribution in [1.82, 2.24) is 0 Å². The predicted molar refractivity (Wildman–Crippen MR) is 93.2 cm³/mol. The molecule has 3 aromatic rings. The van der Waals surface area contributed by atoms with E-state index in [0.717, 1.165) is 12.8 Å². The van der Waals surface area contributed by atoms with Crippen molar-refractivity contribution < 1.29 is 0 Å². The van der Waals surface area contributed by atoms with Crippen molar-refractivity contribution in [3.8, 4) is 0 Å². The van der Waals surface area contributed by atoms with Gasteiger partial charge in [-0.05, 0) is 66.1 Å². The molecule has 0 bridgehead atoms. The third kappa shape index (κ3) is 3.28. The van der Waals surface area contributed by atoms with Crippen molar-refractivity contribution in [2.45, 2.75) is 26.7 Å². The maximum atomic E-state index is 3.45. The molecule has 0 heterocycles. The van der Waals surface area contributed by atoms with Crippen LogP contribution in [0.1, 0.15) is 33.4 Å². The van der Waals surface area contributed by atoms with Gasteiger partial charge in [0.1, 0.15) is 0 Å². The van der Waals surface area contributed by atoms with Gasteiger partial charge in [-0.3, -0.25) is 0 Å². The summed E-state index contributed by atoms with van der Waals surface area (Å²) in [6, 6.07) is 27.0. The summed E-state index contributed by atoms with van der Waals surface area (Å²) in [5.74, 6) is 0. The van der Waals surface area contributed by atoms with E-state index in [2.05, 4.69) is 80.6 Å². The number of benzene rings is 3. The van der Waals surface area contributed by atoms with Gasteiger partial charge in [0.15, 0.2) is 0 Å². The third-order valence-corrected chi connectivity index (χ3v) is 4.31. The Kier molecular flexibility index (Phi) is 4.39. The molecule has 0 N–H and O–H groups in total. The zero-order valence-electron chi connectivity index (χ0n) is 13.3. The second-order valence-electron chi connectivity index (χ2n) is 5.88. The Morgan fingerprint density at radius 1 is 0.636 bits per heavy atom. The molecular formula is C22H21. The minimum atomic E-state index is 0.953. The van der Waals surface area contributed by atoms with Gasteiger partial charge >= 0.3 is 0 Å². The number of hydrogen-bond acceptors (Lipinski definition) is 0. The lowest BCUT2D eigenvalue weighted by Gasteiger charge is -2.12. The van der Waals surface area contributed by atoms with E-state index in [1.807, 2.05) is 6.07 Å². The van der Waals surface area contributed by atoms with Crippen LogP contribution in [0.2, 0.25) is 0 Å². The van der Waals surface area contributed by atoms with Gasteiger partial charge in [-0.25, -0.2) is 0 Å². The first-order chi connectivity index (χ1) is 10.7. The Balaban J connectivity index is 1.91. The van der Waals surface area contributed by atoms with Crippen LogP contribution >= 0.6 is 0 Å². The van der Waals surface area contributed by atoms with Gasteiger partial charge in [-0.2, -0.15) is 0 Å². The molecule has 0 amide bonds. The van der Waals surface area contributed by atoms with Gasteiger partial charge in [0.25, 0.3) is 0 Å². The molecule has 0 unspecified atom stereocenters. The SMILES string of the molecule is Cc1ccccc1Cc1[c]cccc1Cc1ccccc1C. The van der Waals surface area contributed by atoms with Crippen molar-refractivity contribution in [1.29, 1.82) is 0 Å². The Labute approximate surface area is 133 Å². The molecule has 1 radical (unpaired) electrons. The molecule has 22 heavy (non-hydrogen) atoms. The summed E-state index contributed by atoms with van der Waals surface area (Å²) in [4.78, 5) is 0. The molecule has 109 valence electrons. The first-order valence-electron chi connectivity index (χ1n) is 7.81. The highest BCUT2D eigenvalue weighted by molar-refractivity contribution is 5.39. The minimum absolute atomic E-state index is 0.953. The molecule has 0 aliphatic rings. The highest BCUT2D eigenvalue weighted by Gasteiger charge is 2.07. The molecule has 0 aliphatic heterocycles. The molecule has 0 fully saturated rings. The first kappa shape index (κ1) is 14.6. The summed E-state index contributed by atoms with van der Waals surface area (Å²) >= 11 is 0. The molecule has 0 atom stereocenters. The Hall–Kier alpha value is -2.34. The standard InChI is InChI=1S/C22H21/c1-17-9-3-5-11-19(17)15-21-13-7-8-14-22(21)16-20-12-6-4-10-18(20)2/h3-13H,15-16H2,1-2H3. The zero-order chi connectivity index (χ0) is 15.4. The number of rotatable bonds is 4. The maximum Gasteiger partial charge on any atom is -0.00141 e. The fraction of sp³-hybridized carbons (Fsp3) is 0.182. The molecular weight excluding hydrogens is 264 g/mol. The van der Waals surface area contributed by atoms with Crippen LogP contribution in [0.25, 0.3) is 0 Å². The van der Waals surface area contributed by atoms with Crippen LogP contribution in [0.4, 0.5) is 0 Å². The molecule has 0 heteroatoms. The van der Waals surface area contributed by atoms with Crippen molar-refractivity contribution in [2.24, 2.45) is 0 Å². The zero-order valence-corrected chi connectivity index (χ0v) is 13.3. The fourth-order valence-corrected chi connectivity index (χ4v) is 2.85. The van der Waals surface area contributed by atoms with Gasteiger partial charge in [-0.1, -0.05) is 66.7 Å². The van der Waals surface area contributed by atoms with Gasteiger partial charge in [0.2, 0.25) is 0 Å². The highest BCUT2D eigenvalue weighted by Crippen LogP contribution is 2.20. The molecule has 0 aliphatic carbocycles. The van der Waals surface area contributed by atoms with Crippen molar-refractivity contribution in [3.05, 3.63) is 106 Å². The Morgan fingerprint density at radius 3 is 1.82 bits per heavy atom. The van der Waals surface area contributed by atoms with Crippen LogP contribution in [0, 0.1) is 19.9 Å². The smallest absolute Gasteiger partial charge is 0.00141 e. The van der Waals surface area contributed by atoms with Gasteiger partial charge in [0, 0.05) is 0 Å². The quantitative estimate of drug-likeness (QED) is 0.611. The largest absolute Gasteiger partial charge is 0.0620 e. The number of aryl methyl sites for hydroxylation is 2. The average molecular weight is 285 g/mol. The predicted octanol–water partition coefficient (Wildman–Crippen LogP) is 5.29. The summed E-state index contributed by atoms with van der Waals surface area (Å²) < 4.78 is 0. The van der Waals surface area contributed by atoms with Crippen LogP contribution in [0.5, 0.6) is 0 Å². The van der Waals surface area contributed by atoms with Gasteiger partial charge in [-0.15, -0.1) is 0 Å². The first-order valence-corrected chi connectivity index (χ1v) is 7.81. The lowest BCUT2D eigenvalue weighted by Crippen LogP contribution is -1.99. The normalized spacial score (nSPS) is 10.6. The minimum Gasteiger partial charge on any atom is -0.0620 e. The van der Waals surface area contributed by atoms with Crippen LogP contribution in [-0.2, 0) is 12.8 Å². The maximum absolute atomic E-state index is 3.45. The molecule has 0 nitrogen and oxygen atoms in total. The molecule has 0 saturated heterocycles. The lowest BCUT2D eigenvalue weighted by atomic mass is 9.92. The second-order valence-corrected chi connectivity index (χ2v) is 5.88. The fourth-order valence-electron chi connectivity index (χ4n) is 2.85. The Bertz CT molecular complexity index is 702. The lowest BCUT2D eigenvalue weighted by molar-refractivity contribution is 1.07. The van der Waals surface area contributed by atoms with E-state index in [4.69, 9.17) is 0 Å². The highest BCUT2D eigenvalue weighted by atomic mass is 14.1. The van der Waals surface area contributed by atoms with E-state index in [1.165, 1.54) is 33.4 Å². The molecule has 3 rings (SSSR count). The number of hydrogen-bond donors (Lipinski definition) is 0. The summed E-state index contributed by atoms with van der Waals surface area (Å²) in [6.07, 6.45) is 1.93. The third-order valence-electron chi connectivity index (χ3n) is 4.31. The van der Waals surface area contributed by atoms with E-state index in [0.29, 0.717) is 0 Å². The van der Waals surface area contributed by atoms with E-state index < -0.39 is 0 Å². The van der Waals surface area contributed by atoms with E-state index in [9.17, 15) is 0 Å². The molecule has 0 saturated carbocycles. The second kappa shape index (κ2) is 6.62. The van der Waals surface area contributed by atoms with Crippen LogP contribution in [0.15, 0.2) is 66.7 Å². The van der Waals surface area contributed by atoms with Crippen LogP contribution in [-0.4, -0.2) is 0 Å². The van der Waals surface area contributed by atoms with E-state index >= 15 is 0 Å². The molecule has 0 aromatic heterocycles. The van der Waals surface area contributed by atoms with E-state index in [-0.39, 0.29) is 0 Å². The van der Waals surface area contributed by atoms with Crippen molar-refractivity contribution in [3.63, 3.8) is 0 Å². The van der Waals surface area contributed by atoms with Crippen molar-refractivity contribution >= 4 is 0 Å².